The van der Waals surface area contributed by atoms with E-state index in [-0.39, 0.29) is 11.9 Å². The summed E-state index contributed by atoms with van der Waals surface area (Å²) >= 11 is 0. The van der Waals surface area contributed by atoms with E-state index < -0.39 is 0 Å². The summed E-state index contributed by atoms with van der Waals surface area (Å²) < 4.78 is 0. The van der Waals surface area contributed by atoms with Crippen LogP contribution in [0.3, 0.4) is 0 Å². The minimum Gasteiger partial charge on any atom is -0.326 e. The summed E-state index contributed by atoms with van der Waals surface area (Å²) in [4.78, 5) is 14.1. The monoisotopic (exact) mass is 289 g/mol. The van der Waals surface area contributed by atoms with Crippen molar-refractivity contribution in [3.05, 3.63) is 0 Å². The van der Waals surface area contributed by atoms with Crippen molar-refractivity contribution in [2.75, 3.05) is 13.1 Å². The third-order valence-corrected chi connectivity index (χ3v) is 7.02. The quantitative estimate of drug-likeness (QED) is 0.867. The van der Waals surface area contributed by atoms with Gasteiger partial charge in [0.15, 0.2) is 0 Å². The Balaban J connectivity index is 1.60. The van der Waals surface area contributed by atoms with Gasteiger partial charge in [0.1, 0.15) is 6.04 Å². The van der Waals surface area contributed by atoms with E-state index in [1.54, 1.807) is 4.90 Å². The summed E-state index contributed by atoms with van der Waals surface area (Å²) in [5, 5.41) is 12.6. The molecule has 4 atom stereocenters. The first-order valence-electron chi connectivity index (χ1n) is 8.32. The number of rotatable bonds is 3. The van der Waals surface area contributed by atoms with Crippen molar-refractivity contribution in [3.63, 3.8) is 0 Å². The van der Waals surface area contributed by atoms with Crippen molar-refractivity contribution in [1.82, 2.24) is 10.2 Å². The van der Waals surface area contributed by atoms with Crippen molar-refractivity contribution in [2.45, 2.75) is 65.0 Å². The second-order valence-electron chi connectivity index (χ2n) is 7.92. The van der Waals surface area contributed by atoms with E-state index in [0.29, 0.717) is 23.4 Å². The van der Waals surface area contributed by atoms with Gasteiger partial charge < -0.3 is 10.2 Å². The van der Waals surface area contributed by atoms with Crippen molar-refractivity contribution < 1.29 is 4.79 Å². The Hall–Kier alpha value is -1.08. The number of likely N-dealkylation sites (tertiary alicyclic amines) is 1. The lowest BCUT2D eigenvalue weighted by Gasteiger charge is -2.39. The largest absolute Gasteiger partial charge is 0.326 e. The maximum atomic E-state index is 12.4. The molecule has 21 heavy (non-hydrogen) atoms. The summed E-state index contributed by atoms with van der Waals surface area (Å²) in [6.07, 6.45) is 5.58. The van der Waals surface area contributed by atoms with Gasteiger partial charge in [-0.2, -0.15) is 5.26 Å². The zero-order chi connectivity index (χ0) is 15.3. The van der Waals surface area contributed by atoms with E-state index in [2.05, 4.69) is 32.2 Å². The standard InChI is InChI=1S/C17H27N3O/c1-16(2)12-6-7-17(16,3)14(9-12)19-11-15(21)20-8-4-5-13(20)10-18/h12-14,19H,4-9,11H2,1-3H3/t12-,13+,14-,17+/m1/s1. The molecule has 2 aliphatic carbocycles. The van der Waals surface area contributed by atoms with Crippen molar-refractivity contribution in [3.8, 4) is 6.07 Å². The van der Waals surface area contributed by atoms with Gasteiger partial charge in [0, 0.05) is 12.6 Å². The number of fused-ring (bicyclic) bond motifs is 2. The molecular weight excluding hydrogens is 262 g/mol. The van der Waals surface area contributed by atoms with Crippen molar-refractivity contribution >= 4 is 5.91 Å². The highest BCUT2D eigenvalue weighted by atomic mass is 16.2. The molecule has 3 aliphatic rings. The van der Waals surface area contributed by atoms with Crippen LogP contribution in [0, 0.1) is 28.1 Å². The first-order chi connectivity index (χ1) is 9.90. The van der Waals surface area contributed by atoms with Crippen molar-refractivity contribution in [2.24, 2.45) is 16.7 Å². The van der Waals surface area contributed by atoms with Crippen LogP contribution in [0.1, 0.15) is 52.9 Å². The number of carbonyl (C=O) groups is 1. The Morgan fingerprint density at radius 1 is 1.38 bits per heavy atom. The molecule has 1 amide bonds. The van der Waals surface area contributed by atoms with Gasteiger partial charge in [0.2, 0.25) is 5.91 Å². The van der Waals surface area contributed by atoms with Crippen LogP contribution in [0.4, 0.5) is 0 Å². The van der Waals surface area contributed by atoms with Crippen LogP contribution < -0.4 is 5.32 Å². The van der Waals surface area contributed by atoms with Crippen LogP contribution >= 0.6 is 0 Å². The molecule has 4 heteroatoms. The van der Waals surface area contributed by atoms with E-state index in [0.717, 1.165) is 25.3 Å². The number of carbonyl (C=O) groups excluding carboxylic acids is 1. The molecule has 0 aromatic carbocycles. The molecule has 1 N–H and O–H groups in total. The van der Waals surface area contributed by atoms with E-state index in [1.807, 2.05) is 0 Å². The van der Waals surface area contributed by atoms with Gasteiger partial charge in [-0.15, -0.1) is 0 Å². The van der Waals surface area contributed by atoms with E-state index in [9.17, 15) is 4.79 Å². The van der Waals surface area contributed by atoms with Crippen LogP contribution in [-0.4, -0.2) is 36.0 Å². The first-order valence-corrected chi connectivity index (χ1v) is 8.32. The Morgan fingerprint density at radius 3 is 2.71 bits per heavy atom. The Morgan fingerprint density at radius 2 is 2.14 bits per heavy atom. The van der Waals surface area contributed by atoms with Crippen LogP contribution in [0.5, 0.6) is 0 Å². The zero-order valence-corrected chi connectivity index (χ0v) is 13.5. The molecule has 0 unspecified atom stereocenters. The maximum absolute atomic E-state index is 12.4. The second kappa shape index (κ2) is 4.98. The first kappa shape index (κ1) is 14.8. The fourth-order valence-corrected chi connectivity index (χ4v) is 5.02. The summed E-state index contributed by atoms with van der Waals surface area (Å²) in [5.41, 5.74) is 0.675. The predicted octanol–water partition coefficient (Wildman–Crippen LogP) is 2.31. The number of hydrogen-bond acceptors (Lipinski definition) is 3. The molecule has 2 saturated carbocycles. The minimum absolute atomic E-state index is 0.100. The third-order valence-electron chi connectivity index (χ3n) is 7.02. The summed E-state index contributed by atoms with van der Waals surface area (Å²) in [6.45, 7) is 8.30. The average Bonchev–Trinajstić information content (AvgIpc) is 3.06. The molecule has 0 aromatic rings. The third kappa shape index (κ3) is 2.09. The highest BCUT2D eigenvalue weighted by Crippen LogP contribution is 2.65. The molecule has 1 saturated heterocycles. The normalized spacial score (nSPS) is 40.5. The molecule has 1 heterocycles. The van der Waals surface area contributed by atoms with Gasteiger partial charge >= 0.3 is 0 Å². The summed E-state index contributed by atoms with van der Waals surface area (Å²) in [7, 11) is 0. The van der Waals surface area contributed by atoms with Crippen molar-refractivity contribution in [1.29, 1.82) is 5.26 Å². The summed E-state index contributed by atoms with van der Waals surface area (Å²) in [5.74, 6) is 0.886. The second-order valence-corrected chi connectivity index (χ2v) is 7.92. The van der Waals surface area contributed by atoms with Crippen LogP contribution in [0.15, 0.2) is 0 Å². The molecule has 0 radical (unpaired) electrons. The van der Waals surface area contributed by atoms with Crippen LogP contribution in [0.2, 0.25) is 0 Å². The molecule has 3 rings (SSSR count). The SMILES string of the molecule is CC1(C)[C@@H]2CC[C@@]1(C)[C@H](NCC(=O)N1CCC[C@H]1C#N)C2. The molecule has 116 valence electrons. The Labute approximate surface area is 127 Å². The number of nitrogens with one attached hydrogen (secondary N) is 1. The van der Waals surface area contributed by atoms with Gasteiger partial charge in [-0.25, -0.2) is 0 Å². The number of nitrogens with zero attached hydrogens (tertiary/aromatic N) is 2. The van der Waals surface area contributed by atoms with Crippen LogP contribution in [0.25, 0.3) is 0 Å². The Kier molecular flexibility index (Phi) is 3.52. The molecule has 4 nitrogen and oxygen atoms in total. The van der Waals surface area contributed by atoms with Gasteiger partial charge in [0.25, 0.3) is 0 Å². The highest BCUT2D eigenvalue weighted by molar-refractivity contribution is 5.79. The zero-order valence-electron chi connectivity index (χ0n) is 13.5. The number of amides is 1. The topological polar surface area (TPSA) is 56.1 Å². The fraction of sp³-hybridized carbons (Fsp3) is 0.882. The average molecular weight is 289 g/mol. The molecule has 1 aliphatic heterocycles. The Bertz CT molecular complexity index is 481. The lowest BCUT2D eigenvalue weighted by atomic mass is 9.69. The lowest BCUT2D eigenvalue weighted by Crippen LogP contribution is -2.49. The van der Waals surface area contributed by atoms with Gasteiger partial charge in [-0.3, -0.25) is 4.79 Å². The van der Waals surface area contributed by atoms with E-state index in [4.69, 9.17) is 5.26 Å². The highest BCUT2D eigenvalue weighted by Gasteiger charge is 2.61. The summed E-state index contributed by atoms with van der Waals surface area (Å²) in [6, 6.07) is 2.49. The molecule has 0 aromatic heterocycles. The smallest absolute Gasteiger partial charge is 0.237 e. The van der Waals surface area contributed by atoms with Gasteiger partial charge in [-0.05, 0) is 48.9 Å². The predicted molar refractivity (Wildman–Crippen MR) is 81.4 cm³/mol. The number of hydrogen-bond donors (Lipinski definition) is 1. The molecule has 3 fully saturated rings. The van der Waals surface area contributed by atoms with E-state index in [1.165, 1.54) is 19.3 Å². The van der Waals surface area contributed by atoms with Gasteiger partial charge in [0.05, 0.1) is 12.6 Å². The molecule has 2 bridgehead atoms. The van der Waals surface area contributed by atoms with Crippen LogP contribution in [-0.2, 0) is 4.79 Å². The lowest BCUT2D eigenvalue weighted by molar-refractivity contribution is -0.130. The molecular formula is C17H27N3O. The minimum atomic E-state index is -0.202. The van der Waals surface area contributed by atoms with E-state index >= 15 is 0 Å². The fourth-order valence-electron chi connectivity index (χ4n) is 5.02. The maximum Gasteiger partial charge on any atom is 0.237 e. The number of nitriles is 1. The molecule has 0 spiro atoms. The van der Waals surface area contributed by atoms with Gasteiger partial charge in [-0.1, -0.05) is 20.8 Å².